The topological polar surface area (TPSA) is 68.5 Å². The minimum atomic E-state index is -0.0446. The van der Waals surface area contributed by atoms with Gasteiger partial charge in [-0.05, 0) is 30.7 Å². The Kier molecular flexibility index (Phi) is 3.23. The molecule has 0 aliphatic heterocycles. The first-order chi connectivity index (χ1) is 9.65. The van der Waals surface area contributed by atoms with Crippen LogP contribution < -0.4 is 5.32 Å². The minimum absolute atomic E-state index is 0.0446. The summed E-state index contributed by atoms with van der Waals surface area (Å²) in [6, 6.07) is 7.68. The molecule has 1 aromatic carbocycles. The molecule has 0 saturated heterocycles. The number of hydrogen-bond donors (Lipinski definition) is 1. The summed E-state index contributed by atoms with van der Waals surface area (Å²) >= 11 is 5.97. The van der Waals surface area contributed by atoms with Crippen molar-refractivity contribution < 1.29 is 0 Å². The molecule has 0 aliphatic rings. The van der Waals surface area contributed by atoms with Gasteiger partial charge in [0, 0.05) is 12.4 Å². The van der Waals surface area contributed by atoms with E-state index in [2.05, 4.69) is 25.5 Å². The fourth-order valence-corrected chi connectivity index (χ4v) is 2.29. The van der Waals surface area contributed by atoms with Gasteiger partial charge in [0.25, 0.3) is 0 Å². The molecule has 1 atom stereocenters. The van der Waals surface area contributed by atoms with Crippen LogP contribution in [0.15, 0.2) is 30.6 Å². The highest BCUT2D eigenvalue weighted by Crippen LogP contribution is 2.25. The lowest BCUT2D eigenvalue weighted by Gasteiger charge is -2.15. The second-order valence-corrected chi connectivity index (χ2v) is 4.86. The lowest BCUT2D eigenvalue weighted by atomic mass is 10.2. The Bertz CT molecular complexity index is 753. The van der Waals surface area contributed by atoms with Crippen molar-refractivity contribution in [2.45, 2.75) is 13.0 Å². The van der Waals surface area contributed by atoms with E-state index in [0.29, 0.717) is 5.82 Å². The Morgan fingerprint density at radius 2 is 2.05 bits per heavy atom. The smallest absolute Gasteiger partial charge is 0.224 e. The van der Waals surface area contributed by atoms with E-state index in [0.717, 1.165) is 16.7 Å². The van der Waals surface area contributed by atoms with Crippen LogP contribution in [0.1, 0.15) is 18.8 Å². The van der Waals surface area contributed by atoms with Crippen LogP contribution in [0.4, 0.5) is 5.82 Å². The molecule has 102 valence electrons. The molecule has 0 aliphatic carbocycles. The maximum atomic E-state index is 5.97. The molecule has 0 saturated carbocycles. The summed E-state index contributed by atoms with van der Waals surface area (Å²) in [5.74, 6) is 1.51. The van der Waals surface area contributed by atoms with Crippen molar-refractivity contribution in [3.63, 3.8) is 0 Å². The van der Waals surface area contributed by atoms with Crippen molar-refractivity contribution in [2.24, 2.45) is 7.05 Å². The van der Waals surface area contributed by atoms with Gasteiger partial charge in [-0.15, -0.1) is 10.2 Å². The van der Waals surface area contributed by atoms with Gasteiger partial charge in [0.15, 0.2) is 5.82 Å². The van der Waals surface area contributed by atoms with Gasteiger partial charge in [0.1, 0.15) is 12.1 Å². The lowest BCUT2D eigenvalue weighted by molar-refractivity contribution is 0.717. The Hall–Kier alpha value is -2.21. The SMILES string of the molecule is CC(Nc1nc(Cl)nc2ccccc12)c1nncn1C. The van der Waals surface area contributed by atoms with Gasteiger partial charge in [-0.1, -0.05) is 12.1 Å². The highest BCUT2D eigenvalue weighted by Gasteiger charge is 2.14. The molecule has 0 fully saturated rings. The summed E-state index contributed by atoms with van der Waals surface area (Å²) in [6.07, 6.45) is 1.67. The fourth-order valence-electron chi connectivity index (χ4n) is 2.11. The highest BCUT2D eigenvalue weighted by atomic mass is 35.5. The largest absolute Gasteiger partial charge is 0.360 e. The predicted octanol–water partition coefficient (Wildman–Crippen LogP) is 2.58. The molecule has 1 unspecified atom stereocenters. The molecule has 0 radical (unpaired) electrons. The zero-order valence-electron chi connectivity index (χ0n) is 11.1. The van der Waals surface area contributed by atoms with Gasteiger partial charge in [0.05, 0.1) is 11.6 Å². The molecule has 6 nitrogen and oxygen atoms in total. The van der Waals surface area contributed by atoms with Crippen LogP contribution in [0.3, 0.4) is 0 Å². The number of aromatic nitrogens is 5. The van der Waals surface area contributed by atoms with E-state index in [4.69, 9.17) is 11.6 Å². The molecule has 3 rings (SSSR count). The normalized spacial score (nSPS) is 12.6. The van der Waals surface area contributed by atoms with Gasteiger partial charge < -0.3 is 9.88 Å². The van der Waals surface area contributed by atoms with Crippen molar-refractivity contribution in [1.29, 1.82) is 0 Å². The van der Waals surface area contributed by atoms with Crippen LogP contribution in [0.5, 0.6) is 0 Å². The van der Waals surface area contributed by atoms with Gasteiger partial charge in [0.2, 0.25) is 5.28 Å². The third kappa shape index (κ3) is 2.30. The zero-order chi connectivity index (χ0) is 14.1. The average Bonchev–Trinajstić information content (AvgIpc) is 2.85. The molecule has 0 bridgehead atoms. The number of fused-ring (bicyclic) bond motifs is 1. The van der Waals surface area contributed by atoms with Crippen molar-refractivity contribution in [2.75, 3.05) is 5.32 Å². The summed E-state index contributed by atoms with van der Waals surface area (Å²) in [7, 11) is 1.90. The van der Waals surface area contributed by atoms with Crippen molar-refractivity contribution in [3.05, 3.63) is 41.7 Å². The fraction of sp³-hybridized carbons (Fsp3) is 0.231. The summed E-state index contributed by atoms with van der Waals surface area (Å²) in [5, 5.41) is 12.4. The van der Waals surface area contributed by atoms with E-state index in [1.165, 1.54) is 0 Å². The first kappa shape index (κ1) is 12.8. The second kappa shape index (κ2) is 5.05. The molecular formula is C13H13ClN6. The Morgan fingerprint density at radius 1 is 1.25 bits per heavy atom. The van der Waals surface area contributed by atoms with Crippen LogP contribution in [0.2, 0.25) is 5.28 Å². The van der Waals surface area contributed by atoms with Crippen LogP contribution in [0, 0.1) is 0 Å². The number of anilines is 1. The van der Waals surface area contributed by atoms with Crippen molar-refractivity contribution in [3.8, 4) is 0 Å². The van der Waals surface area contributed by atoms with Crippen molar-refractivity contribution >= 4 is 28.3 Å². The molecule has 0 spiro atoms. The van der Waals surface area contributed by atoms with Crippen LogP contribution in [0.25, 0.3) is 10.9 Å². The second-order valence-electron chi connectivity index (χ2n) is 4.52. The first-order valence-electron chi connectivity index (χ1n) is 6.18. The zero-order valence-corrected chi connectivity index (χ0v) is 11.8. The third-order valence-electron chi connectivity index (χ3n) is 3.06. The summed E-state index contributed by atoms with van der Waals surface area (Å²) < 4.78 is 1.86. The van der Waals surface area contributed by atoms with Crippen molar-refractivity contribution in [1.82, 2.24) is 24.7 Å². The quantitative estimate of drug-likeness (QED) is 0.750. The lowest BCUT2D eigenvalue weighted by Crippen LogP contribution is -2.13. The van der Waals surface area contributed by atoms with E-state index in [9.17, 15) is 0 Å². The predicted molar refractivity (Wildman–Crippen MR) is 77.6 cm³/mol. The molecule has 2 heterocycles. The van der Waals surface area contributed by atoms with E-state index in [-0.39, 0.29) is 11.3 Å². The maximum absolute atomic E-state index is 5.97. The number of rotatable bonds is 3. The molecule has 1 N–H and O–H groups in total. The van der Waals surface area contributed by atoms with E-state index in [1.54, 1.807) is 6.33 Å². The summed E-state index contributed by atoms with van der Waals surface area (Å²) in [5.41, 5.74) is 0.806. The molecule has 7 heteroatoms. The van der Waals surface area contributed by atoms with E-state index < -0.39 is 0 Å². The van der Waals surface area contributed by atoms with Crippen LogP contribution in [-0.2, 0) is 7.05 Å². The number of nitrogens with zero attached hydrogens (tertiary/aromatic N) is 5. The monoisotopic (exact) mass is 288 g/mol. The summed E-state index contributed by atoms with van der Waals surface area (Å²) in [6.45, 7) is 1.99. The van der Waals surface area contributed by atoms with E-state index in [1.807, 2.05) is 42.8 Å². The number of nitrogens with one attached hydrogen (secondary N) is 1. The Labute approximate surface area is 120 Å². The number of benzene rings is 1. The summed E-state index contributed by atoms with van der Waals surface area (Å²) in [4.78, 5) is 8.47. The maximum Gasteiger partial charge on any atom is 0.224 e. The average molecular weight is 289 g/mol. The molecule has 0 amide bonds. The molecule has 20 heavy (non-hydrogen) atoms. The van der Waals surface area contributed by atoms with Gasteiger partial charge in [-0.25, -0.2) is 9.97 Å². The van der Waals surface area contributed by atoms with Gasteiger partial charge >= 0.3 is 0 Å². The first-order valence-corrected chi connectivity index (χ1v) is 6.55. The minimum Gasteiger partial charge on any atom is -0.360 e. The number of aryl methyl sites for hydroxylation is 1. The Morgan fingerprint density at radius 3 is 2.80 bits per heavy atom. The number of halogens is 1. The molecular weight excluding hydrogens is 276 g/mol. The third-order valence-corrected chi connectivity index (χ3v) is 3.23. The van der Waals surface area contributed by atoms with Gasteiger partial charge in [-0.2, -0.15) is 0 Å². The van der Waals surface area contributed by atoms with Crippen LogP contribution in [-0.4, -0.2) is 24.7 Å². The molecule has 2 aromatic heterocycles. The van der Waals surface area contributed by atoms with E-state index >= 15 is 0 Å². The molecule has 3 aromatic rings. The number of para-hydroxylation sites is 1. The Balaban J connectivity index is 2.00. The van der Waals surface area contributed by atoms with Crippen LogP contribution >= 0.6 is 11.6 Å². The van der Waals surface area contributed by atoms with Gasteiger partial charge in [-0.3, -0.25) is 0 Å². The highest BCUT2D eigenvalue weighted by molar-refractivity contribution is 6.28. The standard InChI is InChI=1S/C13H13ClN6/c1-8(12-19-15-7-20(12)2)16-11-9-5-3-4-6-10(9)17-13(14)18-11/h3-8H,1-2H3,(H,16,17,18). The number of hydrogen-bond acceptors (Lipinski definition) is 5.